The molecule has 0 unspecified atom stereocenters. The molecular weight excluding hydrogens is 411 g/mol. The minimum absolute atomic E-state index is 0.141. The summed E-state index contributed by atoms with van der Waals surface area (Å²) >= 11 is 0. The van der Waals surface area contributed by atoms with Gasteiger partial charge in [-0.05, 0) is 36.2 Å². The smallest absolute Gasteiger partial charge is 0.307 e. The summed E-state index contributed by atoms with van der Waals surface area (Å²) in [4.78, 5) is 25.7. The van der Waals surface area contributed by atoms with E-state index in [1.54, 1.807) is 42.5 Å². The Labute approximate surface area is 187 Å². The molecule has 0 radical (unpaired) electrons. The largest absolute Gasteiger partial charge is 0.469 e. The van der Waals surface area contributed by atoms with E-state index >= 15 is 0 Å². The summed E-state index contributed by atoms with van der Waals surface area (Å²) < 4.78 is 18.3. The number of hydrogen-bond acceptors (Lipinski definition) is 5. The Morgan fingerprint density at radius 1 is 1.16 bits per heavy atom. The van der Waals surface area contributed by atoms with Gasteiger partial charge in [0.25, 0.3) is 5.91 Å². The maximum atomic E-state index is 13.5. The highest BCUT2D eigenvalue weighted by atomic mass is 19.1. The van der Waals surface area contributed by atoms with Gasteiger partial charge in [-0.25, -0.2) is 9.40 Å². The lowest BCUT2D eigenvalue weighted by Crippen LogP contribution is -2.58. The number of carbonyl (C=O) groups is 2. The number of unbranched alkanes of at least 4 members (excludes halogenated alkanes) is 2. The van der Waals surface area contributed by atoms with Crippen LogP contribution in [0.2, 0.25) is 0 Å². The molecule has 1 N–H and O–H groups in total. The molecule has 1 amide bonds. The highest BCUT2D eigenvalue weighted by molar-refractivity contribution is 6.04. The fourth-order valence-corrected chi connectivity index (χ4v) is 4.03. The lowest BCUT2D eigenvalue weighted by atomic mass is 9.79. The van der Waals surface area contributed by atoms with Crippen molar-refractivity contribution in [1.82, 2.24) is 5.01 Å². The highest BCUT2D eigenvalue weighted by Crippen LogP contribution is 2.36. The lowest BCUT2D eigenvalue weighted by molar-refractivity contribution is -0.145. The van der Waals surface area contributed by atoms with Crippen molar-refractivity contribution in [1.29, 1.82) is 0 Å². The number of nitrogens with zero attached hydrogens (tertiary/aromatic N) is 2. The highest BCUT2D eigenvalue weighted by Gasteiger charge is 2.47. The molecule has 2 aromatic rings. The summed E-state index contributed by atoms with van der Waals surface area (Å²) in [6.07, 6.45) is 2.95. The number of ether oxygens (including phenoxy) is 1. The van der Waals surface area contributed by atoms with E-state index in [0.29, 0.717) is 23.3 Å². The Kier molecular flexibility index (Phi) is 7.75. The number of rotatable bonds is 8. The second kappa shape index (κ2) is 10.5. The van der Waals surface area contributed by atoms with Crippen LogP contribution in [0, 0.1) is 5.82 Å². The number of methoxy groups -OCH3 is 1. The van der Waals surface area contributed by atoms with Crippen LogP contribution in [0.1, 0.15) is 61.4 Å². The van der Waals surface area contributed by atoms with Crippen molar-refractivity contribution < 1.29 is 23.8 Å². The topological polar surface area (TPSA) is 79.2 Å². The quantitative estimate of drug-likeness (QED) is 0.490. The molecular formula is C25H29FN2O4. The molecule has 0 aliphatic carbocycles. The summed E-state index contributed by atoms with van der Waals surface area (Å²) in [7, 11) is 1.28. The first-order valence-corrected chi connectivity index (χ1v) is 10.9. The fraction of sp³-hybridized carbons (Fsp3) is 0.400. The van der Waals surface area contributed by atoms with Gasteiger partial charge in [0.1, 0.15) is 5.82 Å². The van der Waals surface area contributed by atoms with Crippen molar-refractivity contribution in [2.24, 2.45) is 5.10 Å². The predicted molar refractivity (Wildman–Crippen MR) is 120 cm³/mol. The standard InChI is InChI=1S/C25H29FN2O4/c1-3-4-8-15-25(31)17-21(18-11-13-20(26)14-12-18)27-28(22(25)16-23(29)32-2)24(30)19-9-6-5-7-10-19/h5-7,9-14,22,31H,3-4,8,15-17H2,1-2H3/t22-,25-/m1/s1. The van der Waals surface area contributed by atoms with E-state index in [2.05, 4.69) is 12.0 Å². The number of aliphatic hydroxyl groups is 1. The second-order valence-electron chi connectivity index (χ2n) is 8.10. The molecule has 0 spiro atoms. The molecule has 0 saturated heterocycles. The van der Waals surface area contributed by atoms with Crippen LogP contribution in [-0.4, -0.2) is 46.5 Å². The Bertz CT molecular complexity index is 962. The second-order valence-corrected chi connectivity index (χ2v) is 8.10. The SMILES string of the molecule is CCCCC[C@@]1(O)CC(c2ccc(F)cc2)=NN(C(=O)c2ccccc2)[C@@H]1CC(=O)OC. The minimum Gasteiger partial charge on any atom is -0.469 e. The van der Waals surface area contributed by atoms with Crippen molar-refractivity contribution in [2.45, 2.75) is 57.1 Å². The van der Waals surface area contributed by atoms with Crippen molar-refractivity contribution in [3.8, 4) is 0 Å². The number of esters is 1. The first kappa shape index (κ1) is 23.6. The predicted octanol–water partition coefficient (Wildman–Crippen LogP) is 4.32. The maximum Gasteiger partial charge on any atom is 0.307 e. The summed E-state index contributed by atoms with van der Waals surface area (Å²) in [5.41, 5.74) is 0.0821. The first-order valence-electron chi connectivity index (χ1n) is 10.9. The van der Waals surface area contributed by atoms with E-state index in [4.69, 9.17) is 4.74 Å². The summed E-state index contributed by atoms with van der Waals surface area (Å²) in [5.74, 6) is -1.34. The monoisotopic (exact) mass is 440 g/mol. The van der Waals surface area contributed by atoms with Gasteiger partial charge in [-0.1, -0.05) is 56.5 Å². The zero-order chi connectivity index (χ0) is 23.1. The van der Waals surface area contributed by atoms with Gasteiger partial charge >= 0.3 is 5.97 Å². The lowest BCUT2D eigenvalue weighted by Gasteiger charge is -2.44. The third-order valence-corrected chi connectivity index (χ3v) is 5.82. The number of carbonyl (C=O) groups excluding carboxylic acids is 2. The number of hydrogen-bond donors (Lipinski definition) is 1. The van der Waals surface area contributed by atoms with E-state index in [1.807, 2.05) is 0 Å². The van der Waals surface area contributed by atoms with Crippen LogP contribution in [-0.2, 0) is 9.53 Å². The van der Waals surface area contributed by atoms with E-state index in [0.717, 1.165) is 19.3 Å². The van der Waals surface area contributed by atoms with Crippen LogP contribution in [0.3, 0.4) is 0 Å². The normalized spacial score (nSPS) is 20.6. The number of amides is 1. The molecule has 2 aromatic carbocycles. The number of halogens is 1. The molecule has 2 atom stereocenters. The van der Waals surface area contributed by atoms with Crippen LogP contribution in [0.5, 0.6) is 0 Å². The third kappa shape index (κ3) is 5.40. The molecule has 32 heavy (non-hydrogen) atoms. The maximum absolute atomic E-state index is 13.5. The van der Waals surface area contributed by atoms with E-state index < -0.39 is 23.5 Å². The van der Waals surface area contributed by atoms with Crippen molar-refractivity contribution >= 4 is 17.6 Å². The van der Waals surface area contributed by atoms with Crippen molar-refractivity contribution in [3.05, 3.63) is 71.5 Å². The molecule has 1 heterocycles. The Balaban J connectivity index is 2.08. The minimum atomic E-state index is -1.39. The number of hydrazone groups is 1. The van der Waals surface area contributed by atoms with Gasteiger partial charge in [0.15, 0.2) is 0 Å². The van der Waals surface area contributed by atoms with Gasteiger partial charge in [0.2, 0.25) is 0 Å². The van der Waals surface area contributed by atoms with Gasteiger partial charge in [0.05, 0.1) is 30.9 Å². The molecule has 3 rings (SSSR count). The van der Waals surface area contributed by atoms with E-state index in [1.165, 1.54) is 24.3 Å². The summed E-state index contributed by atoms with van der Waals surface area (Å²) in [6, 6.07) is 13.5. The summed E-state index contributed by atoms with van der Waals surface area (Å²) in [5, 5.41) is 17.6. The third-order valence-electron chi connectivity index (χ3n) is 5.82. The molecule has 7 heteroatoms. The van der Waals surface area contributed by atoms with Gasteiger partial charge in [-0.3, -0.25) is 9.59 Å². The van der Waals surface area contributed by atoms with Crippen LogP contribution in [0.15, 0.2) is 59.7 Å². The molecule has 0 fully saturated rings. The molecule has 0 bridgehead atoms. The van der Waals surface area contributed by atoms with Crippen LogP contribution in [0.25, 0.3) is 0 Å². The Morgan fingerprint density at radius 2 is 1.84 bits per heavy atom. The van der Waals surface area contributed by atoms with E-state index in [-0.39, 0.29) is 18.7 Å². The van der Waals surface area contributed by atoms with Gasteiger partial charge < -0.3 is 9.84 Å². The van der Waals surface area contributed by atoms with Crippen LogP contribution in [0.4, 0.5) is 4.39 Å². The molecule has 6 nitrogen and oxygen atoms in total. The van der Waals surface area contributed by atoms with E-state index in [9.17, 15) is 19.1 Å². The van der Waals surface area contributed by atoms with Crippen molar-refractivity contribution in [3.63, 3.8) is 0 Å². The first-order chi connectivity index (χ1) is 15.4. The summed E-state index contributed by atoms with van der Waals surface area (Å²) in [6.45, 7) is 2.06. The van der Waals surface area contributed by atoms with Crippen molar-refractivity contribution in [2.75, 3.05) is 7.11 Å². The van der Waals surface area contributed by atoms with Crippen LogP contribution < -0.4 is 0 Å². The Morgan fingerprint density at radius 3 is 2.47 bits per heavy atom. The molecule has 170 valence electrons. The molecule has 0 aromatic heterocycles. The molecule has 1 aliphatic heterocycles. The molecule has 0 saturated carbocycles. The van der Waals surface area contributed by atoms with Gasteiger partial charge in [-0.2, -0.15) is 5.10 Å². The van der Waals surface area contributed by atoms with Gasteiger partial charge in [-0.15, -0.1) is 0 Å². The zero-order valence-electron chi connectivity index (χ0n) is 18.5. The average molecular weight is 441 g/mol. The van der Waals surface area contributed by atoms with Gasteiger partial charge in [0, 0.05) is 12.0 Å². The van der Waals surface area contributed by atoms with Crippen LogP contribution >= 0.6 is 0 Å². The Hall–Kier alpha value is -3.06. The average Bonchev–Trinajstić information content (AvgIpc) is 2.81. The fourth-order valence-electron chi connectivity index (χ4n) is 4.03. The number of benzene rings is 2. The zero-order valence-corrected chi connectivity index (χ0v) is 18.5. The molecule has 1 aliphatic rings.